The number of aliphatic imine (C=N–C) groups is 1. The molecule has 1 heterocycles. The Morgan fingerprint density at radius 1 is 1.18 bits per heavy atom. The van der Waals surface area contributed by atoms with E-state index >= 15 is 0 Å². The van der Waals surface area contributed by atoms with Gasteiger partial charge in [0.15, 0.2) is 17.5 Å². The van der Waals surface area contributed by atoms with Gasteiger partial charge in [-0.1, -0.05) is 31.4 Å². The van der Waals surface area contributed by atoms with Gasteiger partial charge in [-0.2, -0.15) is 0 Å². The van der Waals surface area contributed by atoms with E-state index in [1.54, 1.807) is 0 Å². The van der Waals surface area contributed by atoms with Crippen LogP contribution in [0.3, 0.4) is 0 Å². The molecule has 2 N–H and O–H groups in total. The molecule has 5 heteroatoms. The molecule has 1 aromatic carbocycles. The van der Waals surface area contributed by atoms with Crippen molar-refractivity contribution in [1.82, 2.24) is 10.6 Å². The van der Waals surface area contributed by atoms with Gasteiger partial charge in [-0.15, -0.1) is 0 Å². The predicted octanol–water partition coefficient (Wildman–Crippen LogP) is 2.32. The molecule has 2 aliphatic rings. The third-order valence-corrected chi connectivity index (χ3v) is 4.23. The Morgan fingerprint density at radius 3 is 2.73 bits per heavy atom. The number of nitrogens with one attached hydrogen (secondary N) is 2. The van der Waals surface area contributed by atoms with Gasteiger partial charge in [0.05, 0.1) is 6.54 Å². The van der Waals surface area contributed by atoms with Crippen LogP contribution in [0.1, 0.15) is 32.1 Å². The van der Waals surface area contributed by atoms with Gasteiger partial charge in [0, 0.05) is 13.1 Å². The van der Waals surface area contributed by atoms with Gasteiger partial charge in [0.25, 0.3) is 0 Å². The molecule has 1 aromatic rings. The van der Waals surface area contributed by atoms with Gasteiger partial charge in [-0.25, -0.2) is 0 Å². The Hall–Kier alpha value is -1.91. The second-order valence-corrected chi connectivity index (χ2v) is 5.93. The van der Waals surface area contributed by atoms with Crippen molar-refractivity contribution < 1.29 is 9.47 Å². The topological polar surface area (TPSA) is 54.9 Å². The Morgan fingerprint density at radius 2 is 1.95 bits per heavy atom. The maximum atomic E-state index is 5.95. The fourth-order valence-corrected chi connectivity index (χ4v) is 3.01. The zero-order valence-electron chi connectivity index (χ0n) is 13.2. The molecule has 1 aliphatic carbocycles. The normalized spacial score (nSPS) is 22.2. The van der Waals surface area contributed by atoms with Crippen LogP contribution >= 0.6 is 0 Å². The number of nitrogens with zero attached hydrogens (tertiary/aromatic N) is 1. The summed E-state index contributed by atoms with van der Waals surface area (Å²) < 4.78 is 11.7. The maximum absolute atomic E-state index is 5.95. The average Bonchev–Trinajstić information content (AvgIpc) is 2.59. The molecule has 1 unspecified atom stereocenters. The molecule has 22 heavy (non-hydrogen) atoms. The van der Waals surface area contributed by atoms with E-state index in [1.165, 1.54) is 32.1 Å². The van der Waals surface area contributed by atoms with Crippen LogP contribution in [0.5, 0.6) is 11.5 Å². The lowest BCUT2D eigenvalue weighted by atomic mass is 9.96. The number of hydrogen-bond donors (Lipinski definition) is 2. The van der Waals surface area contributed by atoms with E-state index in [4.69, 9.17) is 9.47 Å². The van der Waals surface area contributed by atoms with E-state index in [0.717, 1.165) is 17.5 Å². The summed E-state index contributed by atoms with van der Waals surface area (Å²) in [7, 11) is 1.81. The first-order valence-corrected chi connectivity index (χ1v) is 8.21. The number of para-hydroxylation sites is 2. The molecular formula is C17H25N3O2. The smallest absolute Gasteiger partial charge is 0.191 e. The molecule has 0 saturated heterocycles. The Labute approximate surface area is 132 Å². The van der Waals surface area contributed by atoms with Crippen LogP contribution in [-0.4, -0.2) is 38.3 Å². The lowest BCUT2D eigenvalue weighted by Crippen LogP contribution is -2.48. The lowest BCUT2D eigenvalue weighted by Gasteiger charge is -2.28. The second kappa shape index (κ2) is 7.38. The molecule has 3 rings (SSSR count). The minimum Gasteiger partial charge on any atom is -0.486 e. The van der Waals surface area contributed by atoms with Gasteiger partial charge in [-0.05, 0) is 25.0 Å². The summed E-state index contributed by atoms with van der Waals surface area (Å²) in [4.78, 5) is 4.31. The van der Waals surface area contributed by atoms with E-state index in [9.17, 15) is 0 Å². The molecule has 0 amide bonds. The van der Waals surface area contributed by atoms with Crippen molar-refractivity contribution in [2.45, 2.75) is 44.2 Å². The first kappa shape index (κ1) is 15.0. The molecule has 1 saturated carbocycles. The number of hydrogen-bond acceptors (Lipinski definition) is 3. The highest BCUT2D eigenvalue weighted by atomic mass is 16.6. The summed E-state index contributed by atoms with van der Waals surface area (Å²) >= 11 is 0. The summed E-state index contributed by atoms with van der Waals surface area (Å²) in [6, 6.07) is 8.33. The minimum atomic E-state index is -0.000180. The average molecular weight is 303 g/mol. The standard InChI is InChI=1S/C17H25N3O2/c1-18-17(20-13-7-3-2-4-8-13)19-11-14-12-21-15-9-5-6-10-16(15)22-14/h5-6,9-10,13-14H,2-4,7-8,11-12H2,1H3,(H2,18,19,20). The van der Waals surface area contributed by atoms with Crippen LogP contribution in [0.25, 0.3) is 0 Å². The molecule has 1 atom stereocenters. The Bertz CT molecular complexity index is 512. The summed E-state index contributed by atoms with van der Waals surface area (Å²) in [6.07, 6.45) is 6.45. The van der Waals surface area contributed by atoms with Crippen LogP contribution in [0.2, 0.25) is 0 Å². The third-order valence-electron chi connectivity index (χ3n) is 4.23. The van der Waals surface area contributed by atoms with E-state index < -0.39 is 0 Å². The van der Waals surface area contributed by atoms with Crippen molar-refractivity contribution in [2.24, 2.45) is 4.99 Å². The summed E-state index contributed by atoms with van der Waals surface area (Å²) in [5.41, 5.74) is 0. The molecule has 0 bridgehead atoms. The molecule has 120 valence electrons. The van der Waals surface area contributed by atoms with Gasteiger partial charge in [0.2, 0.25) is 0 Å². The third kappa shape index (κ3) is 3.84. The highest BCUT2D eigenvalue weighted by Gasteiger charge is 2.21. The van der Waals surface area contributed by atoms with Gasteiger partial charge >= 0.3 is 0 Å². The largest absolute Gasteiger partial charge is 0.486 e. The van der Waals surface area contributed by atoms with Gasteiger partial charge in [0.1, 0.15) is 12.7 Å². The fourth-order valence-electron chi connectivity index (χ4n) is 3.01. The van der Waals surface area contributed by atoms with E-state index in [0.29, 0.717) is 19.2 Å². The summed E-state index contributed by atoms with van der Waals surface area (Å²) in [5.74, 6) is 2.49. The van der Waals surface area contributed by atoms with Crippen LogP contribution < -0.4 is 20.1 Å². The van der Waals surface area contributed by atoms with Crippen molar-refractivity contribution in [3.8, 4) is 11.5 Å². The molecule has 1 aliphatic heterocycles. The lowest BCUT2D eigenvalue weighted by molar-refractivity contribution is 0.0935. The fraction of sp³-hybridized carbons (Fsp3) is 0.588. The van der Waals surface area contributed by atoms with Crippen LogP contribution in [0.15, 0.2) is 29.3 Å². The zero-order chi connectivity index (χ0) is 15.2. The van der Waals surface area contributed by atoms with E-state index in [1.807, 2.05) is 31.3 Å². The second-order valence-electron chi connectivity index (χ2n) is 5.93. The first-order chi connectivity index (χ1) is 10.8. The predicted molar refractivity (Wildman–Crippen MR) is 87.7 cm³/mol. The first-order valence-electron chi connectivity index (χ1n) is 8.21. The highest BCUT2D eigenvalue weighted by molar-refractivity contribution is 5.80. The quantitative estimate of drug-likeness (QED) is 0.665. The summed E-state index contributed by atoms with van der Waals surface area (Å²) in [5, 5.41) is 6.86. The van der Waals surface area contributed by atoms with Crippen LogP contribution in [0, 0.1) is 0 Å². The van der Waals surface area contributed by atoms with Crippen molar-refractivity contribution >= 4 is 5.96 Å². The highest BCUT2D eigenvalue weighted by Crippen LogP contribution is 2.30. The molecular weight excluding hydrogens is 278 g/mol. The Kier molecular flexibility index (Phi) is 5.03. The van der Waals surface area contributed by atoms with E-state index in [2.05, 4.69) is 15.6 Å². The number of rotatable bonds is 3. The zero-order valence-corrected chi connectivity index (χ0v) is 13.2. The molecule has 5 nitrogen and oxygen atoms in total. The van der Waals surface area contributed by atoms with Gasteiger partial charge < -0.3 is 20.1 Å². The number of benzene rings is 1. The molecule has 0 radical (unpaired) electrons. The summed E-state index contributed by atoms with van der Waals surface area (Å²) in [6.45, 7) is 1.24. The van der Waals surface area contributed by atoms with E-state index in [-0.39, 0.29) is 6.10 Å². The molecule has 0 aromatic heterocycles. The van der Waals surface area contributed by atoms with Crippen molar-refractivity contribution in [1.29, 1.82) is 0 Å². The Balaban J connectivity index is 1.47. The SMILES string of the molecule is CN=C(NCC1COc2ccccc2O1)NC1CCCCC1. The molecule has 1 fully saturated rings. The van der Waals surface area contributed by atoms with Crippen molar-refractivity contribution in [3.05, 3.63) is 24.3 Å². The van der Waals surface area contributed by atoms with Gasteiger partial charge in [-0.3, -0.25) is 4.99 Å². The number of ether oxygens (including phenoxy) is 2. The maximum Gasteiger partial charge on any atom is 0.191 e. The van der Waals surface area contributed by atoms with Crippen LogP contribution in [0.4, 0.5) is 0 Å². The van der Waals surface area contributed by atoms with Crippen molar-refractivity contribution in [3.63, 3.8) is 0 Å². The van der Waals surface area contributed by atoms with Crippen molar-refractivity contribution in [2.75, 3.05) is 20.2 Å². The number of guanidine groups is 1. The monoisotopic (exact) mass is 303 g/mol. The number of fused-ring (bicyclic) bond motifs is 1. The van der Waals surface area contributed by atoms with Crippen LogP contribution in [-0.2, 0) is 0 Å². The minimum absolute atomic E-state index is 0.000180. The molecule has 0 spiro atoms.